The second-order valence-corrected chi connectivity index (χ2v) is 6.40. The molecule has 1 aliphatic rings. The third-order valence-electron chi connectivity index (χ3n) is 3.97. The highest BCUT2D eigenvalue weighted by Crippen LogP contribution is 2.29. The van der Waals surface area contributed by atoms with Crippen LogP contribution in [0, 0.1) is 5.92 Å². The molecule has 0 radical (unpaired) electrons. The van der Waals surface area contributed by atoms with Gasteiger partial charge in [0.05, 0.1) is 0 Å². The van der Waals surface area contributed by atoms with Crippen LogP contribution in [0.4, 0.5) is 0 Å². The summed E-state index contributed by atoms with van der Waals surface area (Å²) in [5, 5.41) is 1.32. The molecule has 0 bridgehead atoms. The number of likely N-dealkylation sites (N-methyl/N-ethyl adjacent to an activating group) is 1. The van der Waals surface area contributed by atoms with Gasteiger partial charge in [-0.2, -0.15) is 0 Å². The minimum absolute atomic E-state index is 0.502. The summed E-state index contributed by atoms with van der Waals surface area (Å²) in [5.41, 5.74) is 2.60. The van der Waals surface area contributed by atoms with E-state index in [4.69, 9.17) is 0 Å². The number of H-pyrrole nitrogens is 1. The van der Waals surface area contributed by atoms with Crippen LogP contribution in [0.25, 0.3) is 10.9 Å². The quantitative estimate of drug-likeness (QED) is 0.830. The molecule has 0 unspecified atom stereocenters. The number of rotatable bonds is 2. The molecular weight excluding hydrogens is 300 g/mol. The van der Waals surface area contributed by atoms with Crippen molar-refractivity contribution in [2.24, 2.45) is 5.92 Å². The number of hydrogen-bond donors (Lipinski definition) is 1. The van der Waals surface area contributed by atoms with E-state index in [1.807, 2.05) is 0 Å². The molecule has 0 spiro atoms. The van der Waals surface area contributed by atoms with E-state index in [1.54, 1.807) is 0 Å². The summed E-state index contributed by atoms with van der Waals surface area (Å²) in [7, 11) is 2.22. The molecule has 0 fully saturated rings. The Kier molecular flexibility index (Phi) is 3.50. The zero-order valence-electron chi connectivity index (χ0n) is 11.4. The van der Waals surface area contributed by atoms with E-state index in [9.17, 15) is 0 Å². The lowest BCUT2D eigenvalue weighted by Crippen LogP contribution is -2.37. The fraction of sp³-hybridized carbons (Fsp3) is 0.375. The van der Waals surface area contributed by atoms with Crippen LogP contribution in [-0.4, -0.2) is 29.5 Å². The monoisotopic (exact) mass is 318 g/mol. The Morgan fingerprint density at radius 3 is 3.00 bits per heavy atom. The summed E-state index contributed by atoms with van der Waals surface area (Å²) >= 11 is 3.66. The van der Waals surface area contributed by atoms with E-state index < -0.39 is 0 Å². The summed E-state index contributed by atoms with van der Waals surface area (Å²) in [4.78, 5) is 5.81. The Morgan fingerprint density at radius 1 is 1.37 bits per heavy atom. The van der Waals surface area contributed by atoms with Crippen LogP contribution in [0.1, 0.15) is 12.5 Å². The molecule has 0 saturated heterocycles. The van der Waals surface area contributed by atoms with Gasteiger partial charge in [-0.1, -0.05) is 41.1 Å². The van der Waals surface area contributed by atoms with E-state index in [0.29, 0.717) is 12.0 Å². The van der Waals surface area contributed by atoms with E-state index in [0.717, 1.165) is 13.0 Å². The van der Waals surface area contributed by atoms with Gasteiger partial charge in [0.2, 0.25) is 0 Å². The Balaban J connectivity index is 1.92. The van der Waals surface area contributed by atoms with Crippen LogP contribution in [0.2, 0.25) is 0 Å². The number of nitrogens with zero attached hydrogens (tertiary/aromatic N) is 1. The van der Waals surface area contributed by atoms with Crippen molar-refractivity contribution in [3.63, 3.8) is 0 Å². The van der Waals surface area contributed by atoms with Crippen molar-refractivity contribution in [1.82, 2.24) is 9.88 Å². The molecule has 1 aliphatic heterocycles. The van der Waals surface area contributed by atoms with Gasteiger partial charge in [-0.25, -0.2) is 0 Å². The van der Waals surface area contributed by atoms with Crippen molar-refractivity contribution in [3.05, 3.63) is 46.6 Å². The lowest BCUT2D eigenvalue weighted by Gasteiger charge is -2.31. The Labute approximate surface area is 122 Å². The second-order valence-electron chi connectivity index (χ2n) is 5.55. The van der Waals surface area contributed by atoms with Crippen LogP contribution < -0.4 is 0 Å². The maximum Gasteiger partial charge on any atom is 0.0468 e. The maximum atomic E-state index is 3.66. The van der Waals surface area contributed by atoms with Gasteiger partial charge in [-0.05, 0) is 37.1 Å². The first-order valence-electron chi connectivity index (χ1n) is 6.78. The summed E-state index contributed by atoms with van der Waals surface area (Å²) in [6, 6.07) is 6.82. The molecule has 0 saturated carbocycles. The van der Waals surface area contributed by atoms with Crippen LogP contribution in [-0.2, 0) is 6.42 Å². The average Bonchev–Trinajstić information content (AvgIpc) is 2.77. The van der Waals surface area contributed by atoms with Gasteiger partial charge < -0.3 is 4.98 Å². The highest BCUT2D eigenvalue weighted by Gasteiger charge is 2.20. The smallest absolute Gasteiger partial charge is 0.0468 e. The Morgan fingerprint density at radius 2 is 2.21 bits per heavy atom. The average molecular weight is 319 g/mol. The molecule has 2 atom stereocenters. The molecular formula is C16H19BrN2. The Bertz CT molecular complexity index is 614. The molecule has 19 heavy (non-hydrogen) atoms. The molecule has 0 amide bonds. The number of nitrogens with one attached hydrogen (secondary N) is 1. The third-order valence-corrected chi connectivity index (χ3v) is 4.63. The molecule has 1 aromatic heterocycles. The van der Waals surface area contributed by atoms with E-state index in [-0.39, 0.29) is 0 Å². The van der Waals surface area contributed by atoms with Crippen molar-refractivity contribution in [2.75, 3.05) is 13.6 Å². The van der Waals surface area contributed by atoms with Crippen LogP contribution >= 0.6 is 15.9 Å². The van der Waals surface area contributed by atoms with Crippen molar-refractivity contribution in [1.29, 1.82) is 0 Å². The largest absolute Gasteiger partial charge is 0.361 e. The highest BCUT2D eigenvalue weighted by atomic mass is 79.9. The van der Waals surface area contributed by atoms with Gasteiger partial charge in [0, 0.05) is 34.2 Å². The van der Waals surface area contributed by atoms with E-state index in [1.165, 1.54) is 20.9 Å². The van der Waals surface area contributed by atoms with Gasteiger partial charge in [-0.15, -0.1) is 0 Å². The Hall–Kier alpha value is -1.06. The summed E-state index contributed by atoms with van der Waals surface area (Å²) in [6.45, 7) is 3.41. The zero-order valence-corrected chi connectivity index (χ0v) is 12.9. The maximum absolute atomic E-state index is 3.66. The molecule has 1 aromatic carbocycles. The molecule has 0 aliphatic carbocycles. The minimum atomic E-state index is 0.502. The SMILES string of the molecule is C[C@@H]1C=C[C@@H](Cc2c[nH]c3cccc(Br)c23)N(C)C1. The molecule has 2 heterocycles. The minimum Gasteiger partial charge on any atom is -0.361 e. The molecule has 2 aromatic rings. The fourth-order valence-electron chi connectivity index (χ4n) is 2.93. The van der Waals surface area contributed by atoms with Crippen molar-refractivity contribution in [2.45, 2.75) is 19.4 Å². The number of fused-ring (bicyclic) bond motifs is 1. The molecule has 3 rings (SSSR count). The first kappa shape index (κ1) is 12.9. The number of halogens is 1. The van der Waals surface area contributed by atoms with E-state index >= 15 is 0 Å². The summed E-state index contributed by atoms with van der Waals surface area (Å²) in [6.07, 6.45) is 7.90. The molecule has 2 nitrogen and oxygen atoms in total. The zero-order chi connectivity index (χ0) is 13.4. The lowest BCUT2D eigenvalue weighted by molar-refractivity contribution is 0.244. The lowest BCUT2D eigenvalue weighted by atomic mass is 9.97. The van der Waals surface area contributed by atoms with Crippen LogP contribution in [0.3, 0.4) is 0 Å². The molecule has 1 N–H and O–H groups in total. The normalized spacial score (nSPS) is 24.2. The van der Waals surface area contributed by atoms with Gasteiger partial charge in [0.15, 0.2) is 0 Å². The highest BCUT2D eigenvalue weighted by molar-refractivity contribution is 9.10. The number of aromatic amines is 1. The van der Waals surface area contributed by atoms with Crippen molar-refractivity contribution in [3.8, 4) is 0 Å². The third kappa shape index (κ3) is 2.49. The van der Waals surface area contributed by atoms with Gasteiger partial charge in [-0.3, -0.25) is 4.90 Å². The van der Waals surface area contributed by atoms with Crippen molar-refractivity contribution >= 4 is 26.8 Å². The fourth-order valence-corrected chi connectivity index (χ4v) is 3.55. The van der Waals surface area contributed by atoms with Gasteiger partial charge >= 0.3 is 0 Å². The first-order chi connectivity index (χ1) is 9.15. The topological polar surface area (TPSA) is 19.0 Å². The number of hydrogen-bond acceptors (Lipinski definition) is 1. The molecule has 3 heteroatoms. The molecule has 100 valence electrons. The second kappa shape index (κ2) is 5.14. The predicted octanol–water partition coefficient (Wildman–Crippen LogP) is 3.98. The van der Waals surface area contributed by atoms with E-state index in [2.05, 4.69) is 76.3 Å². The van der Waals surface area contributed by atoms with Crippen LogP contribution in [0.15, 0.2) is 41.0 Å². The number of aromatic nitrogens is 1. The first-order valence-corrected chi connectivity index (χ1v) is 7.57. The van der Waals surface area contributed by atoms with Crippen LogP contribution in [0.5, 0.6) is 0 Å². The predicted molar refractivity (Wildman–Crippen MR) is 84.4 cm³/mol. The summed E-state index contributed by atoms with van der Waals surface area (Å²) < 4.78 is 1.18. The summed E-state index contributed by atoms with van der Waals surface area (Å²) in [5.74, 6) is 0.663. The van der Waals surface area contributed by atoms with Crippen molar-refractivity contribution < 1.29 is 0 Å². The van der Waals surface area contributed by atoms with Gasteiger partial charge in [0.1, 0.15) is 0 Å². The number of benzene rings is 1. The standard InChI is InChI=1S/C16H19BrN2/c1-11-6-7-13(19(2)10-11)8-12-9-18-15-5-3-4-14(17)16(12)15/h3-7,9,11,13,18H,8,10H2,1-2H3/t11-,13+/m1/s1. The van der Waals surface area contributed by atoms with Gasteiger partial charge in [0.25, 0.3) is 0 Å².